The van der Waals surface area contributed by atoms with Gasteiger partial charge in [-0.3, -0.25) is 14.9 Å². The largest absolute Gasteiger partial charge is 0.483 e. The number of thioether (sulfide) groups is 1. The SMILES string of the molecule is CC(C)c1ccc(OC(C)c2nnc(SCC(=O)c3cccc([N+](=O)[O-])c3)n2C(C)C)cc1. The zero-order valence-corrected chi connectivity index (χ0v) is 20.2. The molecule has 1 heterocycles. The van der Waals surface area contributed by atoms with Crippen LogP contribution in [0.3, 0.4) is 0 Å². The van der Waals surface area contributed by atoms with Gasteiger partial charge in [0, 0.05) is 23.7 Å². The molecule has 8 nitrogen and oxygen atoms in total. The summed E-state index contributed by atoms with van der Waals surface area (Å²) in [4.78, 5) is 23.1. The van der Waals surface area contributed by atoms with Crippen LogP contribution in [0, 0.1) is 10.1 Å². The lowest BCUT2D eigenvalue weighted by Crippen LogP contribution is -2.14. The highest BCUT2D eigenvalue weighted by atomic mass is 32.2. The Bertz CT molecular complexity index is 1130. The van der Waals surface area contributed by atoms with E-state index in [0.717, 1.165) is 5.75 Å². The lowest BCUT2D eigenvalue weighted by Gasteiger charge is -2.19. The van der Waals surface area contributed by atoms with Crippen LogP contribution in [0.4, 0.5) is 5.69 Å². The molecule has 0 radical (unpaired) electrons. The van der Waals surface area contributed by atoms with Crippen molar-refractivity contribution in [3.05, 3.63) is 75.6 Å². The maximum absolute atomic E-state index is 12.6. The van der Waals surface area contributed by atoms with E-state index >= 15 is 0 Å². The Morgan fingerprint density at radius 1 is 1.09 bits per heavy atom. The third-order valence-corrected chi connectivity index (χ3v) is 6.08. The number of hydrogen-bond acceptors (Lipinski definition) is 7. The fraction of sp³-hybridized carbons (Fsp3) is 0.375. The first-order valence-electron chi connectivity index (χ1n) is 10.8. The molecule has 1 atom stereocenters. The minimum Gasteiger partial charge on any atom is -0.483 e. The molecule has 3 aromatic rings. The van der Waals surface area contributed by atoms with Gasteiger partial charge in [0.15, 0.2) is 22.9 Å². The number of hydrogen-bond donors (Lipinski definition) is 0. The van der Waals surface area contributed by atoms with Gasteiger partial charge in [0.05, 0.1) is 10.7 Å². The van der Waals surface area contributed by atoms with Crippen molar-refractivity contribution in [3.8, 4) is 5.75 Å². The van der Waals surface area contributed by atoms with Gasteiger partial charge in [0.2, 0.25) is 0 Å². The second kappa shape index (κ2) is 10.6. The topological polar surface area (TPSA) is 100 Å². The van der Waals surface area contributed by atoms with Gasteiger partial charge in [-0.1, -0.05) is 49.9 Å². The van der Waals surface area contributed by atoms with E-state index < -0.39 is 4.92 Å². The molecule has 1 unspecified atom stereocenters. The highest BCUT2D eigenvalue weighted by molar-refractivity contribution is 7.99. The number of benzene rings is 2. The summed E-state index contributed by atoms with van der Waals surface area (Å²) in [5.41, 5.74) is 1.44. The number of nitro benzene ring substituents is 1. The average molecular weight is 469 g/mol. The van der Waals surface area contributed by atoms with Gasteiger partial charge in [-0.2, -0.15) is 0 Å². The fourth-order valence-electron chi connectivity index (χ4n) is 3.34. The Hall–Kier alpha value is -3.20. The number of aromatic nitrogens is 3. The summed E-state index contributed by atoms with van der Waals surface area (Å²) in [6.45, 7) is 10.2. The number of ketones is 1. The molecule has 0 saturated carbocycles. The first-order valence-corrected chi connectivity index (χ1v) is 11.8. The van der Waals surface area contributed by atoms with Gasteiger partial charge < -0.3 is 9.30 Å². The molecule has 2 aromatic carbocycles. The second-order valence-electron chi connectivity index (χ2n) is 8.31. The van der Waals surface area contributed by atoms with Gasteiger partial charge in [0.1, 0.15) is 5.75 Å². The lowest BCUT2D eigenvalue weighted by molar-refractivity contribution is -0.384. The molecule has 0 aliphatic rings. The quantitative estimate of drug-likeness (QED) is 0.155. The van der Waals surface area contributed by atoms with Crippen molar-refractivity contribution in [1.82, 2.24) is 14.8 Å². The first-order chi connectivity index (χ1) is 15.7. The van der Waals surface area contributed by atoms with Crippen molar-refractivity contribution in [2.24, 2.45) is 0 Å². The van der Waals surface area contributed by atoms with Crippen molar-refractivity contribution >= 4 is 23.2 Å². The summed E-state index contributed by atoms with van der Waals surface area (Å²) in [6, 6.07) is 13.8. The maximum atomic E-state index is 12.6. The van der Waals surface area contributed by atoms with E-state index in [2.05, 4.69) is 36.2 Å². The van der Waals surface area contributed by atoms with Crippen LogP contribution in [-0.2, 0) is 0 Å². The Balaban J connectivity index is 1.73. The summed E-state index contributed by atoms with van der Waals surface area (Å²) < 4.78 is 8.06. The summed E-state index contributed by atoms with van der Waals surface area (Å²) in [5, 5.41) is 20.2. The fourth-order valence-corrected chi connectivity index (χ4v) is 4.31. The predicted molar refractivity (Wildman–Crippen MR) is 128 cm³/mol. The minimum absolute atomic E-state index is 0.0554. The van der Waals surface area contributed by atoms with E-state index in [4.69, 9.17) is 4.74 Å². The lowest BCUT2D eigenvalue weighted by atomic mass is 10.0. The first kappa shape index (κ1) is 24.4. The van der Waals surface area contributed by atoms with Gasteiger partial charge in [0.25, 0.3) is 5.69 Å². The van der Waals surface area contributed by atoms with Crippen LogP contribution in [0.5, 0.6) is 5.75 Å². The number of carbonyl (C=O) groups is 1. The molecular weight excluding hydrogens is 440 g/mol. The number of nitrogens with zero attached hydrogens (tertiary/aromatic N) is 4. The van der Waals surface area contributed by atoms with E-state index in [1.165, 1.54) is 35.5 Å². The minimum atomic E-state index is -0.511. The third-order valence-electron chi connectivity index (χ3n) is 5.14. The Morgan fingerprint density at radius 3 is 2.39 bits per heavy atom. The van der Waals surface area contributed by atoms with Crippen LogP contribution in [0.25, 0.3) is 0 Å². The number of nitro groups is 1. The molecule has 0 fully saturated rings. The van der Waals surface area contributed by atoms with Crippen LogP contribution < -0.4 is 4.74 Å². The molecule has 1 aromatic heterocycles. The number of Topliss-reactive ketones (excluding diaryl/α,β-unsaturated/α-hetero) is 1. The van der Waals surface area contributed by atoms with Crippen molar-refractivity contribution < 1.29 is 14.5 Å². The van der Waals surface area contributed by atoms with Gasteiger partial charge in [-0.05, 0) is 44.4 Å². The summed E-state index contributed by atoms with van der Waals surface area (Å²) in [5.74, 6) is 1.75. The third kappa shape index (κ3) is 5.98. The van der Waals surface area contributed by atoms with Crippen molar-refractivity contribution in [2.45, 2.75) is 57.8 Å². The molecule has 0 N–H and O–H groups in total. The molecular formula is C24H28N4O4S. The molecule has 0 aliphatic carbocycles. The highest BCUT2D eigenvalue weighted by Crippen LogP contribution is 2.29. The van der Waals surface area contributed by atoms with E-state index in [-0.39, 0.29) is 29.4 Å². The Labute approximate surface area is 197 Å². The molecule has 0 amide bonds. The molecule has 3 rings (SSSR count). The molecule has 0 bridgehead atoms. The normalized spacial score (nSPS) is 12.2. The monoisotopic (exact) mass is 468 g/mol. The standard InChI is InChI=1S/C24H28N4O4S/c1-15(2)18-9-11-21(12-10-18)32-17(5)23-25-26-24(27(23)16(3)4)33-14-22(29)19-7-6-8-20(13-19)28(30)31/h6-13,15-17H,14H2,1-5H3. The van der Waals surface area contributed by atoms with E-state index in [0.29, 0.717) is 22.5 Å². The molecule has 0 saturated heterocycles. The Morgan fingerprint density at radius 2 is 1.79 bits per heavy atom. The molecule has 0 aliphatic heterocycles. The van der Waals surface area contributed by atoms with Gasteiger partial charge in [-0.15, -0.1) is 10.2 Å². The predicted octanol–water partition coefficient (Wildman–Crippen LogP) is 6.01. The van der Waals surface area contributed by atoms with Crippen LogP contribution in [-0.4, -0.2) is 31.2 Å². The van der Waals surface area contributed by atoms with Gasteiger partial charge >= 0.3 is 0 Å². The zero-order chi connectivity index (χ0) is 24.1. The number of carbonyl (C=O) groups excluding carboxylic acids is 1. The van der Waals surface area contributed by atoms with E-state index in [1.807, 2.05) is 37.5 Å². The van der Waals surface area contributed by atoms with E-state index in [9.17, 15) is 14.9 Å². The van der Waals surface area contributed by atoms with Crippen molar-refractivity contribution in [1.29, 1.82) is 0 Å². The zero-order valence-electron chi connectivity index (χ0n) is 19.4. The van der Waals surface area contributed by atoms with Crippen molar-refractivity contribution in [2.75, 3.05) is 5.75 Å². The number of non-ortho nitro benzene ring substituents is 1. The van der Waals surface area contributed by atoms with Crippen molar-refractivity contribution in [3.63, 3.8) is 0 Å². The number of ether oxygens (including phenoxy) is 1. The summed E-state index contributed by atoms with van der Waals surface area (Å²) >= 11 is 1.26. The second-order valence-corrected chi connectivity index (χ2v) is 9.25. The van der Waals surface area contributed by atoms with Gasteiger partial charge in [-0.25, -0.2) is 0 Å². The van der Waals surface area contributed by atoms with Crippen LogP contribution in [0.1, 0.15) is 74.4 Å². The number of rotatable bonds is 10. The van der Waals surface area contributed by atoms with Crippen LogP contribution >= 0.6 is 11.8 Å². The molecule has 174 valence electrons. The van der Waals surface area contributed by atoms with E-state index in [1.54, 1.807) is 6.07 Å². The summed E-state index contributed by atoms with van der Waals surface area (Å²) in [7, 11) is 0. The van der Waals surface area contributed by atoms with Crippen LogP contribution in [0.15, 0.2) is 53.7 Å². The van der Waals surface area contributed by atoms with Crippen LogP contribution in [0.2, 0.25) is 0 Å². The maximum Gasteiger partial charge on any atom is 0.270 e. The summed E-state index contributed by atoms with van der Waals surface area (Å²) in [6.07, 6.45) is -0.341. The molecule has 33 heavy (non-hydrogen) atoms. The molecule has 9 heteroatoms. The average Bonchev–Trinajstić information content (AvgIpc) is 3.22. The molecule has 0 spiro atoms. The highest BCUT2D eigenvalue weighted by Gasteiger charge is 2.22. The smallest absolute Gasteiger partial charge is 0.270 e. The Kier molecular flexibility index (Phi) is 7.86.